The fourth-order valence-electron chi connectivity index (χ4n) is 3.26. The molecule has 0 bridgehead atoms. The maximum atomic E-state index is 13.3. The molecule has 0 saturated carbocycles. The Labute approximate surface area is 215 Å². The summed E-state index contributed by atoms with van der Waals surface area (Å²) >= 11 is 30.2. The number of halogens is 5. The number of benzene rings is 2. The zero-order valence-electron chi connectivity index (χ0n) is 16.2. The van der Waals surface area contributed by atoms with E-state index in [4.69, 9.17) is 62.7 Å². The average molecular weight is 554 g/mol. The van der Waals surface area contributed by atoms with Crippen LogP contribution in [0.15, 0.2) is 36.5 Å². The van der Waals surface area contributed by atoms with Crippen LogP contribution in [0.3, 0.4) is 0 Å². The van der Waals surface area contributed by atoms with Crippen molar-refractivity contribution in [3.63, 3.8) is 0 Å². The van der Waals surface area contributed by atoms with Gasteiger partial charge in [-0.15, -0.1) is 0 Å². The van der Waals surface area contributed by atoms with Crippen LogP contribution in [-0.4, -0.2) is 28.2 Å². The highest BCUT2D eigenvalue weighted by molar-refractivity contribution is 7.59. The second kappa shape index (κ2) is 9.71. The summed E-state index contributed by atoms with van der Waals surface area (Å²) in [6.07, 6.45) is 1.28. The van der Waals surface area contributed by atoms with Crippen molar-refractivity contribution in [2.45, 2.75) is 13.0 Å². The standard InChI is InChI=1S/C20H12Cl5N3O3.H2S/c1-9-8-27(11-2-3-13(22)14(23)6-11)19(29)17-12(7-26-28(9)17)20(30)31-18-15(24)4-10(21)5-16(18)25;/h2-7,9H,8H2,1H3;1H2/t9-;/m0./s1. The third-order valence-electron chi connectivity index (χ3n) is 4.70. The summed E-state index contributed by atoms with van der Waals surface area (Å²) < 4.78 is 6.86. The molecule has 6 nitrogen and oxygen atoms in total. The van der Waals surface area contributed by atoms with Gasteiger partial charge in [-0.3, -0.25) is 9.48 Å². The SMILES string of the molecule is C[C@H]1CN(c2ccc(Cl)c(Cl)c2)C(=O)c2c(C(=O)Oc3c(Cl)cc(Cl)cc3Cl)cnn21.S. The van der Waals surface area contributed by atoms with Crippen LogP contribution in [0.2, 0.25) is 25.1 Å². The van der Waals surface area contributed by atoms with Crippen molar-refractivity contribution in [1.82, 2.24) is 9.78 Å². The van der Waals surface area contributed by atoms with E-state index in [1.165, 1.54) is 27.9 Å². The predicted octanol–water partition coefficient (Wildman–Crippen LogP) is 6.70. The zero-order chi connectivity index (χ0) is 22.4. The molecule has 0 unspecified atom stereocenters. The first-order valence-corrected chi connectivity index (χ1v) is 10.8. The van der Waals surface area contributed by atoms with E-state index in [9.17, 15) is 9.59 Å². The summed E-state index contributed by atoms with van der Waals surface area (Å²) in [5, 5.41) is 5.29. The molecule has 4 rings (SSSR count). The van der Waals surface area contributed by atoms with Gasteiger partial charge in [0.2, 0.25) is 0 Å². The third kappa shape index (κ3) is 4.55. The van der Waals surface area contributed by atoms with E-state index >= 15 is 0 Å². The lowest BCUT2D eigenvalue weighted by Crippen LogP contribution is -2.43. The second-order valence-electron chi connectivity index (χ2n) is 6.80. The Kier molecular flexibility index (Phi) is 7.59. The second-order valence-corrected chi connectivity index (χ2v) is 8.87. The molecule has 0 N–H and O–H groups in total. The summed E-state index contributed by atoms with van der Waals surface area (Å²) in [5.74, 6) is -1.33. The van der Waals surface area contributed by atoms with Gasteiger partial charge in [0.05, 0.1) is 32.3 Å². The molecule has 1 aliphatic rings. The minimum atomic E-state index is -0.830. The topological polar surface area (TPSA) is 64.4 Å². The molecule has 0 spiro atoms. The van der Waals surface area contributed by atoms with Gasteiger partial charge >= 0.3 is 5.97 Å². The number of hydrogen-bond acceptors (Lipinski definition) is 4. The van der Waals surface area contributed by atoms with Crippen molar-refractivity contribution in [2.24, 2.45) is 0 Å². The van der Waals surface area contributed by atoms with Crippen molar-refractivity contribution in [3.8, 4) is 5.75 Å². The molecule has 1 aliphatic heterocycles. The first-order valence-electron chi connectivity index (χ1n) is 8.88. The van der Waals surface area contributed by atoms with Crippen LogP contribution in [0, 0.1) is 0 Å². The molecule has 0 saturated heterocycles. The Hall–Kier alpha value is -1.61. The maximum Gasteiger partial charge on any atom is 0.347 e. The highest BCUT2D eigenvalue weighted by atomic mass is 35.5. The molecule has 0 fully saturated rings. The molecular formula is C20H14Cl5N3O3S. The number of fused-ring (bicyclic) bond motifs is 1. The summed E-state index contributed by atoms with van der Waals surface area (Å²) in [7, 11) is 0. The summed E-state index contributed by atoms with van der Waals surface area (Å²) in [6, 6.07) is 7.44. The van der Waals surface area contributed by atoms with Crippen LogP contribution < -0.4 is 9.64 Å². The van der Waals surface area contributed by atoms with Gasteiger partial charge in [0.1, 0.15) is 11.3 Å². The lowest BCUT2D eigenvalue weighted by atomic mass is 10.1. The van der Waals surface area contributed by atoms with E-state index in [-0.39, 0.29) is 46.6 Å². The fraction of sp³-hybridized carbons (Fsp3) is 0.150. The normalized spacial score (nSPS) is 15.2. The van der Waals surface area contributed by atoms with E-state index in [0.29, 0.717) is 27.3 Å². The van der Waals surface area contributed by atoms with Crippen LogP contribution in [-0.2, 0) is 0 Å². The van der Waals surface area contributed by atoms with Crippen LogP contribution in [0.5, 0.6) is 5.75 Å². The number of ether oxygens (including phenoxy) is 1. The van der Waals surface area contributed by atoms with E-state index < -0.39 is 11.9 Å². The number of hydrogen-bond donors (Lipinski definition) is 0. The molecule has 1 aromatic heterocycles. The van der Waals surface area contributed by atoms with Crippen molar-refractivity contribution in [3.05, 3.63) is 72.9 Å². The number of anilines is 1. The number of carbonyl (C=O) groups excluding carboxylic acids is 2. The van der Waals surface area contributed by atoms with Crippen molar-refractivity contribution in [2.75, 3.05) is 11.4 Å². The van der Waals surface area contributed by atoms with Gasteiger partial charge in [0.25, 0.3) is 5.91 Å². The summed E-state index contributed by atoms with van der Waals surface area (Å²) in [6.45, 7) is 2.20. The Bertz CT molecular complexity index is 1210. The molecule has 168 valence electrons. The molecule has 0 radical (unpaired) electrons. The number of carbonyl (C=O) groups is 2. The van der Waals surface area contributed by atoms with Gasteiger partial charge in [-0.2, -0.15) is 18.6 Å². The van der Waals surface area contributed by atoms with E-state index in [1.54, 1.807) is 18.2 Å². The van der Waals surface area contributed by atoms with Crippen molar-refractivity contribution in [1.29, 1.82) is 0 Å². The van der Waals surface area contributed by atoms with Gasteiger partial charge in [0, 0.05) is 17.3 Å². The number of rotatable bonds is 3. The molecule has 32 heavy (non-hydrogen) atoms. The predicted molar refractivity (Wildman–Crippen MR) is 132 cm³/mol. The highest BCUT2D eigenvalue weighted by Crippen LogP contribution is 2.37. The van der Waals surface area contributed by atoms with Gasteiger partial charge in [0.15, 0.2) is 5.75 Å². The lowest BCUT2D eigenvalue weighted by molar-refractivity contribution is 0.0727. The van der Waals surface area contributed by atoms with Crippen molar-refractivity contribution < 1.29 is 14.3 Å². The maximum absolute atomic E-state index is 13.3. The molecule has 2 heterocycles. The Morgan fingerprint density at radius 2 is 1.69 bits per heavy atom. The first-order chi connectivity index (χ1) is 14.7. The number of nitrogens with zero attached hydrogens (tertiary/aromatic N) is 3. The third-order valence-corrected chi connectivity index (χ3v) is 6.22. The molecule has 0 aliphatic carbocycles. The van der Waals surface area contributed by atoms with Gasteiger partial charge in [-0.05, 0) is 37.3 Å². The number of amides is 1. The molecule has 12 heteroatoms. The van der Waals surface area contributed by atoms with Crippen LogP contribution >= 0.6 is 71.5 Å². The fourth-order valence-corrected chi connectivity index (χ4v) is 4.45. The number of aromatic nitrogens is 2. The molecule has 1 atom stereocenters. The molecule has 1 amide bonds. The lowest BCUT2D eigenvalue weighted by Gasteiger charge is -2.32. The summed E-state index contributed by atoms with van der Waals surface area (Å²) in [4.78, 5) is 27.7. The average Bonchev–Trinajstić information content (AvgIpc) is 3.16. The quantitative estimate of drug-likeness (QED) is 0.267. The largest absolute Gasteiger partial charge is 0.420 e. The monoisotopic (exact) mass is 551 g/mol. The first kappa shape index (κ1) is 25.0. The molecular weight excluding hydrogens is 540 g/mol. The minimum Gasteiger partial charge on any atom is -0.420 e. The smallest absolute Gasteiger partial charge is 0.347 e. The van der Waals surface area contributed by atoms with Crippen LogP contribution in [0.4, 0.5) is 5.69 Å². The van der Waals surface area contributed by atoms with Crippen LogP contribution in [0.25, 0.3) is 0 Å². The van der Waals surface area contributed by atoms with Gasteiger partial charge < -0.3 is 9.64 Å². The Balaban J connectivity index is 0.00000289. The number of esters is 1. The van der Waals surface area contributed by atoms with Crippen LogP contribution in [0.1, 0.15) is 33.8 Å². The Morgan fingerprint density at radius 1 is 1.03 bits per heavy atom. The minimum absolute atomic E-state index is 0. The molecule has 3 aromatic rings. The van der Waals surface area contributed by atoms with Gasteiger partial charge in [-0.1, -0.05) is 58.0 Å². The highest BCUT2D eigenvalue weighted by Gasteiger charge is 2.36. The zero-order valence-corrected chi connectivity index (χ0v) is 21.0. The van der Waals surface area contributed by atoms with Crippen molar-refractivity contribution >= 4 is 89.1 Å². The van der Waals surface area contributed by atoms with Gasteiger partial charge in [-0.25, -0.2) is 4.79 Å². The van der Waals surface area contributed by atoms with E-state index in [1.807, 2.05) is 6.92 Å². The molecule has 2 aromatic carbocycles. The summed E-state index contributed by atoms with van der Waals surface area (Å²) in [5.41, 5.74) is 0.599. The Morgan fingerprint density at radius 3 is 2.31 bits per heavy atom. The van der Waals surface area contributed by atoms with E-state index in [0.717, 1.165) is 0 Å². The van der Waals surface area contributed by atoms with E-state index in [2.05, 4.69) is 5.10 Å².